The van der Waals surface area contributed by atoms with Gasteiger partial charge in [-0.05, 0) is 0 Å². The number of rotatable bonds is 3. The molecule has 0 aliphatic rings. The van der Waals surface area contributed by atoms with Crippen LogP contribution in [0.1, 0.15) is 0 Å². The molecule has 0 spiro atoms. The van der Waals surface area contributed by atoms with Crippen molar-refractivity contribution in [2.45, 2.75) is 6.18 Å². The second kappa shape index (κ2) is 4.48. The Kier molecular flexibility index (Phi) is 3.03. The molecule has 3 nitrogen and oxygen atoms in total. The lowest BCUT2D eigenvalue weighted by Crippen LogP contribution is -2.19. The molecule has 1 aromatic carbocycles. The van der Waals surface area contributed by atoms with Crippen molar-refractivity contribution in [1.29, 1.82) is 0 Å². The molecule has 2 rings (SSSR count). The Morgan fingerprint density at radius 3 is 2.53 bits per heavy atom. The number of benzene rings is 1. The molecule has 0 aliphatic carbocycles. The van der Waals surface area contributed by atoms with Crippen LogP contribution in [0.3, 0.4) is 0 Å². The van der Waals surface area contributed by atoms with E-state index in [1.165, 1.54) is 6.20 Å². The van der Waals surface area contributed by atoms with Gasteiger partial charge in [-0.3, -0.25) is 5.10 Å². The molecule has 1 aromatic heterocycles. The van der Waals surface area contributed by atoms with Gasteiger partial charge in [0.25, 0.3) is 0 Å². The van der Waals surface area contributed by atoms with Gasteiger partial charge in [-0.15, -0.1) is 0 Å². The number of hydrogen-bond donors (Lipinski definition) is 1. The predicted molar refractivity (Wildman–Crippen MR) is 55.6 cm³/mol. The SMILES string of the molecule is FC(F)(F)COc1cn[nH]c1-c1ccccc1. The molecule has 0 unspecified atom stereocenters. The first-order chi connectivity index (χ1) is 8.06. The van der Waals surface area contributed by atoms with Gasteiger partial charge in [0, 0.05) is 5.56 Å². The summed E-state index contributed by atoms with van der Waals surface area (Å²) in [6.45, 7) is -1.33. The monoisotopic (exact) mass is 242 g/mol. The summed E-state index contributed by atoms with van der Waals surface area (Å²) in [5, 5.41) is 6.30. The minimum Gasteiger partial charge on any atom is -0.480 e. The zero-order valence-corrected chi connectivity index (χ0v) is 8.66. The number of aromatic nitrogens is 2. The van der Waals surface area contributed by atoms with Crippen LogP contribution in [0.25, 0.3) is 11.3 Å². The van der Waals surface area contributed by atoms with Gasteiger partial charge < -0.3 is 4.74 Å². The third-order valence-electron chi connectivity index (χ3n) is 2.06. The van der Waals surface area contributed by atoms with Gasteiger partial charge in [0.15, 0.2) is 12.4 Å². The Morgan fingerprint density at radius 2 is 1.88 bits per heavy atom. The number of aromatic amines is 1. The lowest BCUT2D eigenvalue weighted by Gasteiger charge is -2.08. The molecule has 0 atom stereocenters. The van der Waals surface area contributed by atoms with E-state index < -0.39 is 12.8 Å². The Bertz CT molecular complexity index is 479. The fourth-order valence-corrected chi connectivity index (χ4v) is 1.36. The maximum absolute atomic E-state index is 12.0. The lowest BCUT2D eigenvalue weighted by atomic mass is 10.1. The number of alkyl halides is 3. The summed E-state index contributed by atoms with van der Waals surface area (Å²) in [7, 11) is 0. The van der Waals surface area contributed by atoms with E-state index in [2.05, 4.69) is 14.9 Å². The number of H-pyrrole nitrogens is 1. The standard InChI is InChI=1S/C11H9F3N2O/c12-11(13,14)7-17-9-6-15-16-10(9)8-4-2-1-3-5-8/h1-6H,7H2,(H,15,16). The maximum atomic E-state index is 12.0. The number of hydrogen-bond acceptors (Lipinski definition) is 2. The van der Waals surface area contributed by atoms with Crippen molar-refractivity contribution in [2.75, 3.05) is 6.61 Å². The Balaban J connectivity index is 2.18. The van der Waals surface area contributed by atoms with Crippen LogP contribution in [0.4, 0.5) is 13.2 Å². The van der Waals surface area contributed by atoms with Crippen LogP contribution in [0.15, 0.2) is 36.5 Å². The number of halogens is 3. The largest absolute Gasteiger partial charge is 0.480 e. The number of nitrogens with zero attached hydrogens (tertiary/aromatic N) is 1. The van der Waals surface area contributed by atoms with Crippen LogP contribution in [-0.2, 0) is 0 Å². The van der Waals surface area contributed by atoms with Crippen LogP contribution in [0.2, 0.25) is 0 Å². The van der Waals surface area contributed by atoms with Gasteiger partial charge >= 0.3 is 6.18 Å². The summed E-state index contributed by atoms with van der Waals surface area (Å²) in [4.78, 5) is 0. The topological polar surface area (TPSA) is 37.9 Å². The first-order valence-corrected chi connectivity index (χ1v) is 4.84. The molecule has 0 fully saturated rings. The van der Waals surface area contributed by atoms with E-state index in [0.29, 0.717) is 5.69 Å². The van der Waals surface area contributed by atoms with Crippen molar-refractivity contribution in [3.05, 3.63) is 36.5 Å². The van der Waals surface area contributed by atoms with Gasteiger partial charge in [-0.1, -0.05) is 30.3 Å². The van der Waals surface area contributed by atoms with Crippen molar-refractivity contribution in [3.8, 4) is 17.0 Å². The first-order valence-electron chi connectivity index (χ1n) is 4.84. The summed E-state index contributed by atoms with van der Waals surface area (Å²) in [6.07, 6.45) is -3.13. The maximum Gasteiger partial charge on any atom is 0.422 e. The summed E-state index contributed by atoms with van der Waals surface area (Å²) in [5.41, 5.74) is 1.16. The molecule has 0 aliphatic heterocycles. The molecule has 90 valence electrons. The molecule has 17 heavy (non-hydrogen) atoms. The first kappa shape index (κ1) is 11.5. The van der Waals surface area contributed by atoms with Crippen molar-refractivity contribution in [3.63, 3.8) is 0 Å². The van der Waals surface area contributed by atoms with E-state index >= 15 is 0 Å². The smallest absolute Gasteiger partial charge is 0.422 e. The van der Waals surface area contributed by atoms with Crippen LogP contribution in [-0.4, -0.2) is 23.0 Å². The van der Waals surface area contributed by atoms with Crippen molar-refractivity contribution in [1.82, 2.24) is 10.2 Å². The zero-order chi connectivity index (χ0) is 12.3. The van der Waals surface area contributed by atoms with E-state index in [0.717, 1.165) is 5.56 Å². The molecule has 0 saturated heterocycles. The second-order valence-corrected chi connectivity index (χ2v) is 3.38. The highest BCUT2D eigenvalue weighted by Gasteiger charge is 2.29. The van der Waals surface area contributed by atoms with Gasteiger partial charge in [0.1, 0.15) is 5.69 Å². The molecule has 0 bridgehead atoms. The molecule has 6 heteroatoms. The second-order valence-electron chi connectivity index (χ2n) is 3.38. The Morgan fingerprint density at radius 1 is 1.18 bits per heavy atom. The van der Waals surface area contributed by atoms with E-state index in [9.17, 15) is 13.2 Å². The van der Waals surface area contributed by atoms with E-state index in [-0.39, 0.29) is 5.75 Å². The quantitative estimate of drug-likeness (QED) is 0.898. The normalized spacial score (nSPS) is 11.5. The van der Waals surface area contributed by atoms with Crippen molar-refractivity contribution in [2.24, 2.45) is 0 Å². The highest BCUT2D eigenvalue weighted by Crippen LogP contribution is 2.28. The van der Waals surface area contributed by atoms with Gasteiger partial charge in [0.05, 0.1) is 6.20 Å². The van der Waals surface area contributed by atoms with Crippen LogP contribution >= 0.6 is 0 Å². The average Bonchev–Trinajstić information content (AvgIpc) is 2.75. The molecule has 0 saturated carbocycles. The molecule has 0 radical (unpaired) electrons. The molecular formula is C11H9F3N2O. The predicted octanol–water partition coefficient (Wildman–Crippen LogP) is 3.02. The van der Waals surface area contributed by atoms with Crippen molar-refractivity contribution >= 4 is 0 Å². The van der Waals surface area contributed by atoms with Crippen LogP contribution in [0, 0.1) is 0 Å². The minimum absolute atomic E-state index is 0.0912. The third kappa shape index (κ3) is 2.99. The molecular weight excluding hydrogens is 233 g/mol. The highest BCUT2D eigenvalue weighted by atomic mass is 19.4. The van der Waals surface area contributed by atoms with Crippen LogP contribution < -0.4 is 4.74 Å². The minimum atomic E-state index is -4.36. The Labute approximate surface area is 95.2 Å². The third-order valence-corrected chi connectivity index (χ3v) is 2.06. The molecule has 1 N–H and O–H groups in total. The zero-order valence-electron chi connectivity index (χ0n) is 8.66. The van der Waals surface area contributed by atoms with Gasteiger partial charge in [-0.25, -0.2) is 0 Å². The fourth-order valence-electron chi connectivity index (χ4n) is 1.36. The summed E-state index contributed by atoms with van der Waals surface area (Å²) in [5.74, 6) is 0.0912. The number of nitrogens with one attached hydrogen (secondary N) is 1. The van der Waals surface area contributed by atoms with E-state index in [1.54, 1.807) is 24.3 Å². The molecule has 1 heterocycles. The van der Waals surface area contributed by atoms with Crippen molar-refractivity contribution < 1.29 is 17.9 Å². The Hall–Kier alpha value is -1.98. The number of ether oxygens (including phenoxy) is 1. The highest BCUT2D eigenvalue weighted by molar-refractivity contribution is 5.65. The summed E-state index contributed by atoms with van der Waals surface area (Å²) < 4.78 is 40.8. The summed E-state index contributed by atoms with van der Waals surface area (Å²) in [6, 6.07) is 8.89. The molecule has 0 amide bonds. The lowest BCUT2D eigenvalue weighted by molar-refractivity contribution is -0.153. The fraction of sp³-hybridized carbons (Fsp3) is 0.182. The summed E-state index contributed by atoms with van der Waals surface area (Å²) >= 11 is 0. The van der Waals surface area contributed by atoms with Crippen LogP contribution in [0.5, 0.6) is 5.75 Å². The average molecular weight is 242 g/mol. The van der Waals surface area contributed by atoms with E-state index in [1.807, 2.05) is 6.07 Å². The van der Waals surface area contributed by atoms with Gasteiger partial charge in [-0.2, -0.15) is 18.3 Å². The van der Waals surface area contributed by atoms with E-state index in [4.69, 9.17) is 0 Å². The van der Waals surface area contributed by atoms with Gasteiger partial charge in [0.2, 0.25) is 0 Å². The molecule has 2 aromatic rings.